The highest BCUT2D eigenvalue weighted by Gasteiger charge is 2.76. The number of anilines is 1. The van der Waals surface area contributed by atoms with Crippen molar-refractivity contribution in [2.24, 2.45) is 11.8 Å². The Hall–Kier alpha value is -3.68. The first kappa shape index (κ1) is 22.1. The van der Waals surface area contributed by atoms with Gasteiger partial charge in [0.1, 0.15) is 11.3 Å². The number of imide groups is 2. The van der Waals surface area contributed by atoms with Gasteiger partial charge in [0, 0.05) is 6.54 Å². The lowest BCUT2D eigenvalue weighted by Gasteiger charge is -2.34. The normalized spacial score (nSPS) is 28.1. The molecule has 4 atom stereocenters. The van der Waals surface area contributed by atoms with Crippen LogP contribution in [0.3, 0.4) is 0 Å². The maximum atomic E-state index is 14.1. The Labute approximate surface area is 198 Å². The van der Waals surface area contributed by atoms with E-state index in [0.717, 1.165) is 16.0 Å². The molecule has 0 N–H and O–H groups in total. The van der Waals surface area contributed by atoms with Gasteiger partial charge >= 0.3 is 6.03 Å². The fourth-order valence-electron chi connectivity index (χ4n) is 5.98. The van der Waals surface area contributed by atoms with E-state index in [1.165, 1.54) is 16.9 Å². The maximum Gasteiger partial charge on any atom is 0.332 e. The zero-order chi connectivity index (χ0) is 24.4. The summed E-state index contributed by atoms with van der Waals surface area (Å²) in [5.41, 5.74) is 0.760. The van der Waals surface area contributed by atoms with Crippen molar-refractivity contribution in [3.8, 4) is 5.75 Å². The summed E-state index contributed by atoms with van der Waals surface area (Å²) in [5.74, 6) is -2.27. The number of carbonyl (C=O) groups excluding carboxylic acids is 4. The maximum absolute atomic E-state index is 14.1. The van der Waals surface area contributed by atoms with E-state index in [9.17, 15) is 19.2 Å². The molecule has 5 rings (SSSR count). The van der Waals surface area contributed by atoms with E-state index in [0.29, 0.717) is 11.4 Å². The van der Waals surface area contributed by atoms with E-state index in [-0.39, 0.29) is 24.8 Å². The van der Waals surface area contributed by atoms with E-state index in [1.807, 2.05) is 31.2 Å². The first-order valence-corrected chi connectivity index (χ1v) is 11.6. The van der Waals surface area contributed by atoms with Crippen LogP contribution in [-0.2, 0) is 14.4 Å². The van der Waals surface area contributed by atoms with Crippen molar-refractivity contribution in [1.82, 2.24) is 9.80 Å². The third-order valence-corrected chi connectivity index (χ3v) is 7.58. The number of aryl methyl sites for hydroxylation is 1. The summed E-state index contributed by atoms with van der Waals surface area (Å²) >= 11 is 0. The molecule has 3 fully saturated rings. The van der Waals surface area contributed by atoms with Gasteiger partial charge < -0.3 is 9.64 Å². The van der Waals surface area contributed by atoms with Crippen LogP contribution in [0.4, 0.5) is 10.5 Å². The zero-order valence-corrected chi connectivity index (χ0v) is 19.6. The number of rotatable bonds is 5. The molecule has 8 heteroatoms. The molecule has 3 aliphatic rings. The third kappa shape index (κ3) is 2.65. The predicted molar refractivity (Wildman–Crippen MR) is 124 cm³/mol. The zero-order valence-electron chi connectivity index (χ0n) is 19.6. The van der Waals surface area contributed by atoms with Crippen LogP contribution in [0.5, 0.6) is 5.75 Å². The second kappa shape index (κ2) is 7.68. The molecule has 0 aromatic heterocycles. The van der Waals surface area contributed by atoms with Crippen LogP contribution < -0.4 is 9.64 Å². The second-order valence-corrected chi connectivity index (χ2v) is 9.05. The Kier molecular flexibility index (Phi) is 5.00. The highest BCUT2D eigenvalue weighted by Crippen LogP contribution is 2.59. The Morgan fingerprint density at radius 3 is 2.12 bits per heavy atom. The van der Waals surface area contributed by atoms with Crippen molar-refractivity contribution in [2.75, 3.05) is 18.6 Å². The fourth-order valence-corrected chi connectivity index (χ4v) is 5.98. The Balaban J connectivity index is 1.70. The van der Waals surface area contributed by atoms with Gasteiger partial charge in [-0.2, -0.15) is 0 Å². The molecule has 0 saturated carbocycles. The summed E-state index contributed by atoms with van der Waals surface area (Å²) in [6, 6.07) is 13.0. The van der Waals surface area contributed by atoms with Crippen LogP contribution in [0, 0.1) is 18.8 Å². The van der Waals surface area contributed by atoms with Crippen LogP contribution in [0.15, 0.2) is 48.5 Å². The quantitative estimate of drug-likeness (QED) is 0.504. The molecule has 3 aliphatic heterocycles. The molecule has 2 aromatic carbocycles. The summed E-state index contributed by atoms with van der Waals surface area (Å²) in [6.07, 6.45) is 0.227. The van der Waals surface area contributed by atoms with Crippen molar-refractivity contribution in [3.05, 3.63) is 59.7 Å². The smallest absolute Gasteiger partial charge is 0.332 e. The van der Waals surface area contributed by atoms with Crippen LogP contribution in [0.2, 0.25) is 0 Å². The van der Waals surface area contributed by atoms with Gasteiger partial charge in [0.05, 0.1) is 30.7 Å². The van der Waals surface area contributed by atoms with Gasteiger partial charge in [-0.15, -0.1) is 0 Å². The van der Waals surface area contributed by atoms with Crippen molar-refractivity contribution in [2.45, 2.75) is 38.8 Å². The molecular weight excluding hydrogens is 434 g/mol. The average Bonchev–Trinajstić information content (AvgIpc) is 3.37. The number of hydrogen-bond donors (Lipinski definition) is 0. The van der Waals surface area contributed by atoms with Gasteiger partial charge in [0.15, 0.2) is 0 Å². The monoisotopic (exact) mass is 461 g/mol. The topological polar surface area (TPSA) is 87.2 Å². The van der Waals surface area contributed by atoms with Crippen molar-refractivity contribution in [3.63, 3.8) is 0 Å². The molecule has 34 heavy (non-hydrogen) atoms. The summed E-state index contributed by atoms with van der Waals surface area (Å²) in [7, 11) is 1.54. The number of benzene rings is 2. The van der Waals surface area contributed by atoms with E-state index >= 15 is 0 Å². The minimum atomic E-state index is -1.42. The number of methoxy groups -OCH3 is 1. The Bertz CT molecular complexity index is 1190. The molecule has 2 aromatic rings. The van der Waals surface area contributed by atoms with Crippen LogP contribution in [0.25, 0.3) is 0 Å². The molecule has 5 amide bonds. The average molecular weight is 462 g/mol. The number of urea groups is 1. The molecule has 0 aliphatic carbocycles. The van der Waals surface area contributed by atoms with Crippen LogP contribution in [0.1, 0.15) is 37.4 Å². The van der Waals surface area contributed by atoms with Crippen LogP contribution in [-0.4, -0.2) is 52.7 Å². The van der Waals surface area contributed by atoms with E-state index in [2.05, 4.69) is 0 Å². The van der Waals surface area contributed by atoms with E-state index in [4.69, 9.17) is 4.74 Å². The second-order valence-electron chi connectivity index (χ2n) is 9.05. The Morgan fingerprint density at radius 2 is 1.56 bits per heavy atom. The number of likely N-dealkylation sites (tertiary alicyclic amines) is 1. The molecule has 3 heterocycles. The molecule has 8 nitrogen and oxygen atoms in total. The van der Waals surface area contributed by atoms with Gasteiger partial charge in [0.25, 0.3) is 5.91 Å². The number of ether oxygens (including phenoxy) is 1. The number of carbonyl (C=O) groups is 4. The van der Waals surface area contributed by atoms with Gasteiger partial charge in [-0.3, -0.25) is 19.3 Å². The number of nitrogens with zero attached hydrogens (tertiary/aromatic N) is 3. The van der Waals surface area contributed by atoms with E-state index < -0.39 is 35.4 Å². The SMILES string of the molecule is CCN1C(=O)C2C(c3ccc(C)cc3)N3C(=O)N(c4ccc(OC)cc4)C(=O)[C@@]3(CC)C2C1=O. The largest absolute Gasteiger partial charge is 0.497 e. The lowest BCUT2D eigenvalue weighted by molar-refractivity contribution is -0.144. The first-order chi connectivity index (χ1) is 16.3. The van der Waals surface area contributed by atoms with E-state index in [1.54, 1.807) is 38.1 Å². The molecule has 3 saturated heterocycles. The number of amides is 5. The molecule has 176 valence electrons. The summed E-state index contributed by atoms with van der Waals surface area (Å²) in [6.45, 7) is 5.74. The van der Waals surface area contributed by atoms with Crippen molar-refractivity contribution >= 4 is 29.4 Å². The molecule has 0 spiro atoms. The number of fused-ring (bicyclic) bond motifs is 3. The first-order valence-electron chi connectivity index (χ1n) is 11.6. The van der Waals surface area contributed by atoms with Gasteiger partial charge in [-0.25, -0.2) is 9.69 Å². The summed E-state index contributed by atoms with van der Waals surface area (Å²) < 4.78 is 5.21. The highest BCUT2D eigenvalue weighted by atomic mass is 16.5. The molecular formula is C26H27N3O5. The molecule has 0 bridgehead atoms. The molecule has 0 radical (unpaired) electrons. The highest BCUT2D eigenvalue weighted by molar-refractivity contribution is 6.26. The lowest BCUT2D eigenvalue weighted by atomic mass is 9.77. The predicted octanol–water partition coefficient (Wildman–Crippen LogP) is 3.30. The van der Waals surface area contributed by atoms with Crippen molar-refractivity contribution in [1.29, 1.82) is 0 Å². The minimum Gasteiger partial charge on any atom is -0.497 e. The molecule has 3 unspecified atom stereocenters. The van der Waals surface area contributed by atoms with Crippen molar-refractivity contribution < 1.29 is 23.9 Å². The number of hydrogen-bond acceptors (Lipinski definition) is 5. The van der Waals surface area contributed by atoms with Gasteiger partial charge in [-0.1, -0.05) is 36.8 Å². The minimum absolute atomic E-state index is 0.227. The fraction of sp³-hybridized carbons (Fsp3) is 0.385. The lowest BCUT2D eigenvalue weighted by Crippen LogP contribution is -2.53. The van der Waals surface area contributed by atoms with Gasteiger partial charge in [-0.05, 0) is 50.1 Å². The summed E-state index contributed by atoms with van der Waals surface area (Å²) in [5, 5.41) is 0. The Morgan fingerprint density at radius 1 is 0.912 bits per heavy atom. The van der Waals surface area contributed by atoms with Crippen LogP contribution >= 0.6 is 0 Å². The standard InChI is InChI=1S/C26H27N3O5/c1-5-26-20-19(22(30)27(6-2)23(20)31)21(16-9-7-15(3)8-10-16)29(26)25(33)28(24(26)32)17-11-13-18(34-4)14-12-17/h7-14,19-21H,5-6H2,1-4H3/t19?,20?,21?,26-/m1/s1. The van der Waals surface area contributed by atoms with Gasteiger partial charge in [0.2, 0.25) is 11.8 Å². The summed E-state index contributed by atoms with van der Waals surface area (Å²) in [4.78, 5) is 58.9. The third-order valence-electron chi connectivity index (χ3n) is 7.58.